The molecule has 0 atom stereocenters. The molecule has 1 N–H and O–H groups in total. The average molecular weight is 282 g/mol. The molecule has 0 amide bonds. The molecule has 0 saturated carbocycles. The molecule has 1 fully saturated rings. The van der Waals surface area contributed by atoms with E-state index in [0.717, 1.165) is 37.4 Å². The van der Waals surface area contributed by atoms with Gasteiger partial charge in [0.1, 0.15) is 5.82 Å². The molecule has 1 aliphatic heterocycles. The van der Waals surface area contributed by atoms with Gasteiger partial charge in [-0.25, -0.2) is 4.98 Å². The van der Waals surface area contributed by atoms with Gasteiger partial charge in [0, 0.05) is 42.9 Å². The highest BCUT2D eigenvalue weighted by molar-refractivity contribution is 5.45. The maximum Gasteiger partial charge on any atom is 0.128 e. The lowest BCUT2D eigenvalue weighted by Crippen LogP contribution is -2.39. The molecule has 4 nitrogen and oxygen atoms in total. The van der Waals surface area contributed by atoms with Crippen molar-refractivity contribution >= 4 is 11.5 Å². The van der Waals surface area contributed by atoms with E-state index in [2.05, 4.69) is 45.3 Å². The molecule has 2 aromatic rings. The second-order valence-corrected chi connectivity index (χ2v) is 5.79. The maximum atomic E-state index is 4.52. The van der Waals surface area contributed by atoms with Crippen LogP contribution in [0.4, 0.5) is 11.5 Å². The third-order valence-electron chi connectivity index (χ3n) is 3.98. The molecule has 0 aromatic carbocycles. The van der Waals surface area contributed by atoms with Crippen LogP contribution >= 0.6 is 0 Å². The molecule has 0 aliphatic carbocycles. The number of pyridine rings is 2. The summed E-state index contributed by atoms with van der Waals surface area (Å²) in [6.07, 6.45) is 6.08. The van der Waals surface area contributed by atoms with Crippen LogP contribution in [-0.2, 0) is 0 Å². The quantitative estimate of drug-likeness (QED) is 0.939. The number of aromatic nitrogens is 2. The van der Waals surface area contributed by atoms with E-state index in [-0.39, 0.29) is 0 Å². The normalized spacial score (nSPS) is 16.0. The number of anilines is 2. The molecule has 0 radical (unpaired) electrons. The van der Waals surface area contributed by atoms with Gasteiger partial charge in [-0.15, -0.1) is 0 Å². The molecule has 0 bridgehead atoms. The molecule has 110 valence electrons. The van der Waals surface area contributed by atoms with Gasteiger partial charge < -0.3 is 10.2 Å². The number of aryl methyl sites for hydroxylation is 2. The number of piperidine rings is 1. The van der Waals surface area contributed by atoms with Crippen LogP contribution in [0, 0.1) is 13.8 Å². The van der Waals surface area contributed by atoms with E-state index in [9.17, 15) is 0 Å². The predicted octanol–water partition coefficient (Wildman–Crippen LogP) is 3.17. The summed E-state index contributed by atoms with van der Waals surface area (Å²) in [6, 6.07) is 8.93. The van der Waals surface area contributed by atoms with E-state index in [4.69, 9.17) is 0 Å². The Labute approximate surface area is 126 Å². The standard InChI is InChI=1S/C17H22N4/c1-13-3-4-17(19-12-13)21-9-6-15(7-10-21)20-16-5-8-18-14(2)11-16/h3-5,8,11-12,15H,6-7,9-10H2,1-2H3,(H,18,20). The molecule has 0 unspecified atom stereocenters. The topological polar surface area (TPSA) is 41.0 Å². The van der Waals surface area contributed by atoms with Gasteiger partial charge in [0.2, 0.25) is 0 Å². The zero-order chi connectivity index (χ0) is 14.7. The molecule has 3 heterocycles. The minimum Gasteiger partial charge on any atom is -0.382 e. The van der Waals surface area contributed by atoms with Crippen LogP contribution < -0.4 is 10.2 Å². The largest absolute Gasteiger partial charge is 0.382 e. The Morgan fingerprint density at radius 3 is 2.57 bits per heavy atom. The van der Waals surface area contributed by atoms with Crippen molar-refractivity contribution in [3.8, 4) is 0 Å². The summed E-state index contributed by atoms with van der Waals surface area (Å²) in [5.41, 5.74) is 3.44. The Morgan fingerprint density at radius 1 is 1.10 bits per heavy atom. The molecular weight excluding hydrogens is 260 g/mol. The third kappa shape index (κ3) is 3.51. The van der Waals surface area contributed by atoms with E-state index in [0.29, 0.717) is 6.04 Å². The zero-order valence-corrected chi connectivity index (χ0v) is 12.7. The molecule has 1 saturated heterocycles. The first-order chi connectivity index (χ1) is 10.2. The highest BCUT2D eigenvalue weighted by Gasteiger charge is 2.19. The fraction of sp³-hybridized carbons (Fsp3) is 0.412. The SMILES string of the molecule is Cc1ccc(N2CCC(Nc3ccnc(C)c3)CC2)nc1. The third-order valence-corrected chi connectivity index (χ3v) is 3.98. The van der Waals surface area contributed by atoms with Crippen LogP contribution in [0.25, 0.3) is 0 Å². The first-order valence-electron chi connectivity index (χ1n) is 7.57. The van der Waals surface area contributed by atoms with Gasteiger partial charge in [-0.1, -0.05) is 6.07 Å². The van der Waals surface area contributed by atoms with E-state index in [1.807, 2.05) is 25.4 Å². The smallest absolute Gasteiger partial charge is 0.128 e. The highest BCUT2D eigenvalue weighted by atomic mass is 15.2. The lowest BCUT2D eigenvalue weighted by atomic mass is 10.0. The first-order valence-corrected chi connectivity index (χ1v) is 7.57. The number of hydrogen-bond donors (Lipinski definition) is 1. The van der Waals surface area contributed by atoms with Crippen molar-refractivity contribution in [2.75, 3.05) is 23.3 Å². The van der Waals surface area contributed by atoms with Gasteiger partial charge in [-0.2, -0.15) is 0 Å². The van der Waals surface area contributed by atoms with Gasteiger partial charge >= 0.3 is 0 Å². The average Bonchev–Trinajstić information content (AvgIpc) is 2.49. The van der Waals surface area contributed by atoms with E-state index >= 15 is 0 Å². The fourth-order valence-electron chi connectivity index (χ4n) is 2.77. The van der Waals surface area contributed by atoms with Gasteiger partial charge in [-0.05, 0) is 50.5 Å². The summed E-state index contributed by atoms with van der Waals surface area (Å²) in [6.45, 7) is 6.20. The van der Waals surface area contributed by atoms with Crippen molar-refractivity contribution in [3.63, 3.8) is 0 Å². The Hall–Kier alpha value is -2.10. The second-order valence-electron chi connectivity index (χ2n) is 5.79. The molecular formula is C17H22N4. The van der Waals surface area contributed by atoms with Gasteiger partial charge in [0.05, 0.1) is 0 Å². The summed E-state index contributed by atoms with van der Waals surface area (Å²) in [7, 11) is 0. The highest BCUT2D eigenvalue weighted by Crippen LogP contribution is 2.20. The number of hydrogen-bond acceptors (Lipinski definition) is 4. The first kappa shape index (κ1) is 13.9. The van der Waals surface area contributed by atoms with Crippen LogP contribution in [0.2, 0.25) is 0 Å². The fourth-order valence-corrected chi connectivity index (χ4v) is 2.77. The van der Waals surface area contributed by atoms with Crippen molar-refractivity contribution < 1.29 is 0 Å². The van der Waals surface area contributed by atoms with Crippen molar-refractivity contribution in [1.82, 2.24) is 9.97 Å². The van der Waals surface area contributed by atoms with E-state index < -0.39 is 0 Å². The van der Waals surface area contributed by atoms with Crippen molar-refractivity contribution in [2.24, 2.45) is 0 Å². The van der Waals surface area contributed by atoms with E-state index in [1.165, 1.54) is 11.3 Å². The molecule has 1 aliphatic rings. The Kier molecular flexibility index (Phi) is 4.04. The van der Waals surface area contributed by atoms with E-state index in [1.54, 1.807) is 0 Å². The summed E-state index contributed by atoms with van der Waals surface area (Å²) >= 11 is 0. The lowest BCUT2D eigenvalue weighted by molar-refractivity contribution is 0.523. The van der Waals surface area contributed by atoms with Gasteiger partial charge in [0.15, 0.2) is 0 Å². The zero-order valence-electron chi connectivity index (χ0n) is 12.7. The Bertz CT molecular complexity index is 586. The molecule has 4 heteroatoms. The summed E-state index contributed by atoms with van der Waals surface area (Å²) in [5.74, 6) is 1.10. The van der Waals surface area contributed by atoms with Crippen LogP contribution in [0.15, 0.2) is 36.7 Å². The van der Waals surface area contributed by atoms with Crippen LogP contribution in [0.5, 0.6) is 0 Å². The van der Waals surface area contributed by atoms with Crippen molar-refractivity contribution in [2.45, 2.75) is 32.7 Å². The molecule has 0 spiro atoms. The number of nitrogens with zero attached hydrogens (tertiary/aromatic N) is 3. The molecule has 3 rings (SSSR count). The van der Waals surface area contributed by atoms with Gasteiger partial charge in [-0.3, -0.25) is 4.98 Å². The van der Waals surface area contributed by atoms with Crippen LogP contribution in [0.3, 0.4) is 0 Å². The van der Waals surface area contributed by atoms with Gasteiger partial charge in [0.25, 0.3) is 0 Å². The monoisotopic (exact) mass is 282 g/mol. The lowest BCUT2D eigenvalue weighted by Gasteiger charge is -2.33. The minimum atomic E-state index is 0.536. The van der Waals surface area contributed by atoms with Crippen LogP contribution in [0.1, 0.15) is 24.1 Å². The summed E-state index contributed by atoms with van der Waals surface area (Å²) < 4.78 is 0. The summed E-state index contributed by atoms with van der Waals surface area (Å²) in [5, 5.41) is 3.62. The number of rotatable bonds is 3. The number of nitrogens with one attached hydrogen (secondary N) is 1. The molecule has 2 aromatic heterocycles. The predicted molar refractivity (Wildman–Crippen MR) is 86.8 cm³/mol. The van der Waals surface area contributed by atoms with Crippen molar-refractivity contribution in [3.05, 3.63) is 47.9 Å². The minimum absolute atomic E-state index is 0.536. The second kappa shape index (κ2) is 6.12. The van der Waals surface area contributed by atoms with Crippen molar-refractivity contribution in [1.29, 1.82) is 0 Å². The summed E-state index contributed by atoms with van der Waals surface area (Å²) in [4.78, 5) is 11.1. The van der Waals surface area contributed by atoms with Crippen LogP contribution in [-0.4, -0.2) is 29.1 Å². The Balaban J connectivity index is 1.56. The molecule has 21 heavy (non-hydrogen) atoms. The Morgan fingerprint density at radius 2 is 1.90 bits per heavy atom. The maximum absolute atomic E-state index is 4.52.